The van der Waals surface area contributed by atoms with Crippen LogP contribution in [0.25, 0.3) is 11.0 Å². The average Bonchev–Trinajstić information content (AvgIpc) is 3.28. The molecule has 0 radical (unpaired) electrons. The van der Waals surface area contributed by atoms with E-state index in [9.17, 15) is 4.79 Å². The van der Waals surface area contributed by atoms with Crippen molar-refractivity contribution < 1.29 is 18.7 Å². The van der Waals surface area contributed by atoms with Gasteiger partial charge in [-0.15, -0.1) is 0 Å². The number of hydrogen-bond acceptors (Lipinski definition) is 7. The number of fused-ring (bicyclic) bond motifs is 1. The molecule has 3 heterocycles. The van der Waals surface area contributed by atoms with Crippen LogP contribution in [0.2, 0.25) is 5.02 Å². The van der Waals surface area contributed by atoms with Crippen molar-refractivity contribution >= 4 is 34.5 Å². The molecule has 0 saturated carbocycles. The highest BCUT2D eigenvalue weighted by Gasteiger charge is 2.34. The summed E-state index contributed by atoms with van der Waals surface area (Å²) in [6.07, 6.45) is -0.131. The van der Waals surface area contributed by atoms with E-state index in [1.54, 1.807) is 18.5 Å². The molecule has 1 aromatic carbocycles. The van der Waals surface area contributed by atoms with Gasteiger partial charge in [0, 0.05) is 5.56 Å². The Bertz CT molecular complexity index is 1150. The van der Waals surface area contributed by atoms with Crippen molar-refractivity contribution in [1.29, 1.82) is 0 Å². The maximum absolute atomic E-state index is 15.0. The van der Waals surface area contributed by atoms with Gasteiger partial charge in [0.15, 0.2) is 17.6 Å². The van der Waals surface area contributed by atoms with Crippen LogP contribution in [0.15, 0.2) is 12.4 Å². The molecule has 0 spiro atoms. The zero-order chi connectivity index (χ0) is 21.6. The molecule has 4 rings (SSSR count). The molecule has 1 saturated heterocycles. The minimum atomic E-state index is -0.863. The number of nitrogens with two attached hydrogens (primary N) is 1. The lowest BCUT2D eigenvalue weighted by Crippen LogP contribution is -2.16. The molecule has 2 atom stereocenters. The van der Waals surface area contributed by atoms with E-state index in [1.165, 1.54) is 12.4 Å². The second-order valence-corrected chi connectivity index (χ2v) is 7.28. The zero-order valence-corrected chi connectivity index (χ0v) is 17.3. The van der Waals surface area contributed by atoms with Crippen LogP contribution in [-0.2, 0) is 4.74 Å². The minimum absolute atomic E-state index is 0.0897. The number of carbonyl (C=O) groups is 1. The highest BCUT2D eigenvalue weighted by atomic mass is 35.5. The second-order valence-electron chi connectivity index (χ2n) is 6.88. The number of rotatable bonds is 5. The van der Waals surface area contributed by atoms with Crippen LogP contribution in [0, 0.1) is 12.7 Å². The van der Waals surface area contributed by atoms with Gasteiger partial charge in [0.1, 0.15) is 17.9 Å². The van der Waals surface area contributed by atoms with Crippen molar-refractivity contribution in [2.75, 3.05) is 18.9 Å². The van der Waals surface area contributed by atoms with Gasteiger partial charge in [-0.05, 0) is 26.8 Å². The Balaban J connectivity index is 1.91. The van der Waals surface area contributed by atoms with Crippen LogP contribution in [0.1, 0.15) is 42.8 Å². The monoisotopic (exact) mass is 434 g/mol. The number of halogens is 2. The summed E-state index contributed by atoms with van der Waals surface area (Å²) in [6.45, 7) is 5.83. The van der Waals surface area contributed by atoms with E-state index in [-0.39, 0.29) is 29.5 Å². The van der Waals surface area contributed by atoms with Crippen LogP contribution in [-0.4, -0.2) is 39.0 Å². The molecule has 0 bridgehead atoms. The van der Waals surface area contributed by atoms with E-state index < -0.39 is 24.1 Å². The first-order chi connectivity index (χ1) is 14.3. The Kier molecular flexibility index (Phi) is 5.10. The molecular formula is C19H20ClFN6O3. The highest BCUT2D eigenvalue weighted by Crippen LogP contribution is 2.42. The van der Waals surface area contributed by atoms with Gasteiger partial charge in [0.05, 0.1) is 40.9 Å². The average molecular weight is 435 g/mol. The van der Waals surface area contributed by atoms with Gasteiger partial charge in [-0.3, -0.25) is 0 Å². The number of nitrogen functional groups attached to an aromatic ring is 1. The lowest BCUT2D eigenvalue weighted by atomic mass is 9.99. The Labute approximate surface area is 176 Å². The zero-order valence-electron chi connectivity index (χ0n) is 16.6. The van der Waals surface area contributed by atoms with Crippen LogP contribution < -0.4 is 15.8 Å². The Morgan fingerprint density at radius 1 is 1.50 bits per heavy atom. The Morgan fingerprint density at radius 3 is 2.93 bits per heavy atom. The predicted molar refractivity (Wildman–Crippen MR) is 108 cm³/mol. The highest BCUT2D eigenvalue weighted by molar-refractivity contribution is 6.31. The first kappa shape index (κ1) is 20.1. The third kappa shape index (κ3) is 3.17. The van der Waals surface area contributed by atoms with Gasteiger partial charge < -0.3 is 20.5 Å². The van der Waals surface area contributed by atoms with Gasteiger partial charge >= 0.3 is 6.09 Å². The smallest absolute Gasteiger partial charge is 0.407 e. The molecule has 1 fully saturated rings. The van der Waals surface area contributed by atoms with Crippen molar-refractivity contribution in [3.8, 4) is 5.75 Å². The first-order valence-electron chi connectivity index (χ1n) is 9.37. The molecule has 1 amide bonds. The van der Waals surface area contributed by atoms with Gasteiger partial charge in [0.25, 0.3) is 0 Å². The molecule has 9 nitrogen and oxygen atoms in total. The largest absolute Gasteiger partial charge is 0.493 e. The first-order valence-corrected chi connectivity index (χ1v) is 9.75. The number of benzene rings is 1. The van der Waals surface area contributed by atoms with E-state index >= 15 is 4.39 Å². The van der Waals surface area contributed by atoms with Crippen LogP contribution in [0.3, 0.4) is 0 Å². The van der Waals surface area contributed by atoms with Gasteiger partial charge in [-0.25, -0.2) is 23.8 Å². The summed E-state index contributed by atoms with van der Waals surface area (Å²) in [4.78, 5) is 19.9. The SMILES string of the molecule is CCOc1c([C@H](C)n2nc(C)c3c(N)ncnc32)cc(Cl)c(F)c1[C@@H]1CNC(=O)O1. The number of cyclic esters (lactones) is 1. The number of alkyl carbamates (subject to hydrolysis) is 1. The summed E-state index contributed by atoms with van der Waals surface area (Å²) in [5.41, 5.74) is 7.85. The number of anilines is 1. The number of nitrogens with zero attached hydrogens (tertiary/aromatic N) is 4. The van der Waals surface area contributed by atoms with Crippen LogP contribution >= 0.6 is 11.6 Å². The van der Waals surface area contributed by atoms with E-state index in [1.807, 2.05) is 6.92 Å². The minimum Gasteiger partial charge on any atom is -0.493 e. The maximum atomic E-state index is 15.0. The van der Waals surface area contributed by atoms with Crippen molar-refractivity contribution in [3.05, 3.63) is 40.1 Å². The molecule has 2 aromatic heterocycles. The van der Waals surface area contributed by atoms with Gasteiger partial charge in [-0.2, -0.15) is 5.10 Å². The number of hydrogen-bond donors (Lipinski definition) is 2. The summed E-state index contributed by atoms with van der Waals surface area (Å²) in [5.74, 6) is -0.106. The Morgan fingerprint density at radius 2 is 2.27 bits per heavy atom. The standard InChI is InChI=1S/C19H20ClFN6O3/c1-4-29-16-10(5-11(20)15(21)14(16)12-6-23-19(28)30-12)9(3)27-18-13(8(2)26-27)17(22)24-7-25-18/h5,7,9,12H,4,6H2,1-3H3,(H,23,28)(H2,22,24,25)/t9-,12-/m0/s1. The molecule has 0 aliphatic carbocycles. The third-order valence-corrected chi connectivity index (χ3v) is 5.31. The fourth-order valence-electron chi connectivity index (χ4n) is 3.67. The number of aryl methyl sites for hydroxylation is 1. The number of amides is 1. The third-order valence-electron chi connectivity index (χ3n) is 5.04. The molecule has 158 valence electrons. The number of aromatic nitrogens is 4. The predicted octanol–water partition coefficient (Wildman–Crippen LogP) is 3.30. The molecular weight excluding hydrogens is 415 g/mol. The molecule has 30 heavy (non-hydrogen) atoms. The number of nitrogens with one attached hydrogen (secondary N) is 1. The summed E-state index contributed by atoms with van der Waals surface area (Å²) >= 11 is 6.22. The lowest BCUT2D eigenvalue weighted by Gasteiger charge is -2.23. The molecule has 11 heteroatoms. The fourth-order valence-corrected chi connectivity index (χ4v) is 3.89. The summed E-state index contributed by atoms with van der Waals surface area (Å²) in [5, 5.41) is 7.62. The van der Waals surface area contributed by atoms with Crippen LogP contribution in [0.4, 0.5) is 15.0 Å². The van der Waals surface area contributed by atoms with E-state index in [2.05, 4.69) is 20.4 Å². The van der Waals surface area contributed by atoms with Gasteiger partial charge in [-0.1, -0.05) is 11.6 Å². The molecule has 3 aromatic rings. The summed E-state index contributed by atoms with van der Waals surface area (Å²) in [6, 6.07) is 1.05. The van der Waals surface area contributed by atoms with Crippen molar-refractivity contribution in [3.63, 3.8) is 0 Å². The number of ether oxygens (including phenoxy) is 2. The molecule has 1 aliphatic heterocycles. The maximum Gasteiger partial charge on any atom is 0.407 e. The quantitative estimate of drug-likeness (QED) is 0.632. The summed E-state index contributed by atoms with van der Waals surface area (Å²) < 4.78 is 27.7. The van der Waals surface area contributed by atoms with E-state index in [0.717, 1.165) is 0 Å². The van der Waals surface area contributed by atoms with E-state index in [4.69, 9.17) is 26.8 Å². The fraction of sp³-hybridized carbons (Fsp3) is 0.368. The molecule has 3 N–H and O–H groups in total. The Hall–Kier alpha value is -3.14. The van der Waals surface area contributed by atoms with Crippen molar-refractivity contribution in [1.82, 2.24) is 25.1 Å². The van der Waals surface area contributed by atoms with E-state index in [0.29, 0.717) is 28.1 Å². The summed E-state index contributed by atoms with van der Waals surface area (Å²) in [7, 11) is 0. The normalized spacial score (nSPS) is 17.1. The second kappa shape index (κ2) is 7.60. The molecule has 1 aliphatic rings. The van der Waals surface area contributed by atoms with Crippen molar-refractivity contribution in [2.45, 2.75) is 32.9 Å². The lowest BCUT2D eigenvalue weighted by molar-refractivity contribution is 0.137. The van der Waals surface area contributed by atoms with Crippen LogP contribution in [0.5, 0.6) is 5.75 Å². The van der Waals surface area contributed by atoms with Gasteiger partial charge in [0.2, 0.25) is 0 Å². The number of carbonyl (C=O) groups excluding carboxylic acids is 1. The topological polar surface area (TPSA) is 117 Å². The molecule has 0 unspecified atom stereocenters. The van der Waals surface area contributed by atoms with Crippen molar-refractivity contribution in [2.24, 2.45) is 0 Å².